The molecule has 0 spiro atoms. The van der Waals surface area contributed by atoms with Crippen molar-refractivity contribution in [3.05, 3.63) is 74.8 Å². The van der Waals surface area contributed by atoms with Crippen molar-refractivity contribution in [3.63, 3.8) is 0 Å². The van der Waals surface area contributed by atoms with Crippen LogP contribution in [0.15, 0.2) is 53.6 Å². The van der Waals surface area contributed by atoms with E-state index >= 15 is 0 Å². The van der Waals surface area contributed by atoms with E-state index in [2.05, 4.69) is 10.3 Å². The standard InChI is InChI=1S/C19H16Cl2N4O3/c1-2-24(11-16(26)23-17-13(20)6-5-7-14(17)21)18(27)12-10-22-15-8-3-4-9-25(15)19(12)28/h3-10H,2,11H2,1H3,(H,23,26). The topological polar surface area (TPSA) is 83.8 Å². The van der Waals surface area contributed by atoms with E-state index in [0.717, 1.165) is 0 Å². The Labute approximate surface area is 170 Å². The van der Waals surface area contributed by atoms with Gasteiger partial charge in [0.05, 0.1) is 15.7 Å². The van der Waals surface area contributed by atoms with Crippen molar-refractivity contribution in [1.29, 1.82) is 0 Å². The number of hydrogen-bond acceptors (Lipinski definition) is 4. The van der Waals surface area contributed by atoms with Crippen LogP contribution >= 0.6 is 23.2 Å². The molecule has 2 amide bonds. The fourth-order valence-electron chi connectivity index (χ4n) is 2.64. The van der Waals surface area contributed by atoms with Crippen molar-refractivity contribution >= 4 is 46.4 Å². The van der Waals surface area contributed by atoms with E-state index in [1.165, 1.54) is 21.7 Å². The van der Waals surface area contributed by atoms with Gasteiger partial charge in [0, 0.05) is 18.9 Å². The number of carbonyl (C=O) groups excluding carboxylic acids is 2. The van der Waals surface area contributed by atoms with E-state index in [-0.39, 0.29) is 34.4 Å². The van der Waals surface area contributed by atoms with Crippen LogP contribution in [-0.2, 0) is 4.79 Å². The van der Waals surface area contributed by atoms with E-state index in [0.29, 0.717) is 5.65 Å². The minimum absolute atomic E-state index is 0.117. The first-order chi connectivity index (χ1) is 13.4. The number of pyridine rings is 1. The number of nitrogens with one attached hydrogen (secondary N) is 1. The molecule has 0 bridgehead atoms. The van der Waals surface area contributed by atoms with Crippen LogP contribution in [0.25, 0.3) is 5.65 Å². The molecule has 0 atom stereocenters. The maximum Gasteiger partial charge on any atom is 0.270 e. The smallest absolute Gasteiger partial charge is 0.270 e. The molecule has 9 heteroatoms. The zero-order valence-electron chi connectivity index (χ0n) is 14.9. The Morgan fingerprint density at radius 2 is 1.86 bits per heavy atom. The molecule has 0 radical (unpaired) electrons. The summed E-state index contributed by atoms with van der Waals surface area (Å²) >= 11 is 12.1. The lowest BCUT2D eigenvalue weighted by Crippen LogP contribution is -2.40. The van der Waals surface area contributed by atoms with Crippen LogP contribution in [0.2, 0.25) is 10.0 Å². The van der Waals surface area contributed by atoms with E-state index in [9.17, 15) is 14.4 Å². The molecule has 0 aliphatic rings. The van der Waals surface area contributed by atoms with E-state index in [1.54, 1.807) is 43.3 Å². The summed E-state index contributed by atoms with van der Waals surface area (Å²) in [5.41, 5.74) is 0.0858. The van der Waals surface area contributed by atoms with Gasteiger partial charge in [0.1, 0.15) is 17.8 Å². The first-order valence-electron chi connectivity index (χ1n) is 8.42. The number of fused-ring (bicyclic) bond motifs is 1. The Bertz CT molecular complexity index is 1090. The molecule has 0 unspecified atom stereocenters. The quantitative estimate of drug-likeness (QED) is 0.689. The number of aromatic nitrogens is 2. The summed E-state index contributed by atoms with van der Waals surface area (Å²) in [5, 5.41) is 3.17. The number of anilines is 1. The van der Waals surface area contributed by atoms with Gasteiger partial charge in [0.25, 0.3) is 11.5 Å². The number of para-hydroxylation sites is 1. The molecule has 3 rings (SSSR count). The average molecular weight is 419 g/mol. The Balaban J connectivity index is 1.82. The largest absolute Gasteiger partial charge is 0.329 e. The van der Waals surface area contributed by atoms with Gasteiger partial charge in [-0.2, -0.15) is 0 Å². The highest BCUT2D eigenvalue weighted by molar-refractivity contribution is 6.39. The summed E-state index contributed by atoms with van der Waals surface area (Å²) < 4.78 is 1.28. The van der Waals surface area contributed by atoms with Crippen molar-refractivity contribution in [1.82, 2.24) is 14.3 Å². The summed E-state index contributed by atoms with van der Waals surface area (Å²) in [6.07, 6.45) is 2.76. The Morgan fingerprint density at radius 1 is 1.14 bits per heavy atom. The van der Waals surface area contributed by atoms with Gasteiger partial charge < -0.3 is 10.2 Å². The molecule has 2 aromatic heterocycles. The number of likely N-dealkylation sites (N-methyl/N-ethyl adjacent to an activating group) is 1. The first-order valence-corrected chi connectivity index (χ1v) is 9.17. The first kappa shape index (κ1) is 19.9. The molecular formula is C19H16Cl2N4O3. The summed E-state index contributed by atoms with van der Waals surface area (Å²) in [6.45, 7) is 1.66. The number of carbonyl (C=O) groups is 2. The molecule has 0 fully saturated rings. The highest BCUT2D eigenvalue weighted by atomic mass is 35.5. The van der Waals surface area contributed by atoms with Crippen LogP contribution in [0.1, 0.15) is 17.3 Å². The number of halogens is 2. The van der Waals surface area contributed by atoms with Gasteiger partial charge in [-0.1, -0.05) is 35.3 Å². The van der Waals surface area contributed by atoms with Gasteiger partial charge in [-0.05, 0) is 31.2 Å². The summed E-state index contributed by atoms with van der Waals surface area (Å²) in [4.78, 5) is 43.2. The monoisotopic (exact) mass is 418 g/mol. The number of amides is 2. The molecule has 0 saturated heterocycles. The van der Waals surface area contributed by atoms with Crippen LogP contribution in [0, 0.1) is 0 Å². The number of benzene rings is 1. The van der Waals surface area contributed by atoms with Crippen LogP contribution in [-0.4, -0.2) is 39.2 Å². The van der Waals surface area contributed by atoms with Crippen molar-refractivity contribution in [2.75, 3.05) is 18.4 Å². The highest BCUT2D eigenvalue weighted by Crippen LogP contribution is 2.29. The average Bonchev–Trinajstić information content (AvgIpc) is 2.69. The summed E-state index contributed by atoms with van der Waals surface area (Å²) in [5.74, 6) is -1.07. The third kappa shape index (κ3) is 4.00. The van der Waals surface area contributed by atoms with E-state index < -0.39 is 17.4 Å². The molecule has 7 nitrogen and oxygen atoms in total. The Hall–Kier alpha value is -2.90. The molecule has 1 aromatic carbocycles. The molecule has 28 heavy (non-hydrogen) atoms. The fourth-order valence-corrected chi connectivity index (χ4v) is 3.13. The van der Waals surface area contributed by atoms with Crippen LogP contribution in [0.4, 0.5) is 5.69 Å². The lowest BCUT2D eigenvalue weighted by Gasteiger charge is -2.20. The zero-order chi connectivity index (χ0) is 20.3. The minimum atomic E-state index is -0.585. The molecule has 1 N–H and O–H groups in total. The molecule has 2 heterocycles. The lowest BCUT2D eigenvalue weighted by atomic mass is 10.2. The summed E-state index contributed by atoms with van der Waals surface area (Å²) in [7, 11) is 0. The van der Waals surface area contributed by atoms with E-state index in [4.69, 9.17) is 23.2 Å². The lowest BCUT2D eigenvalue weighted by molar-refractivity contribution is -0.116. The van der Waals surface area contributed by atoms with E-state index in [1.807, 2.05) is 0 Å². The second kappa shape index (κ2) is 8.41. The fraction of sp³-hybridized carbons (Fsp3) is 0.158. The number of rotatable bonds is 5. The van der Waals surface area contributed by atoms with Gasteiger partial charge in [-0.15, -0.1) is 0 Å². The second-order valence-electron chi connectivity index (χ2n) is 5.87. The van der Waals surface area contributed by atoms with Crippen molar-refractivity contribution in [2.45, 2.75) is 6.92 Å². The minimum Gasteiger partial charge on any atom is -0.329 e. The van der Waals surface area contributed by atoms with Crippen LogP contribution in [0.3, 0.4) is 0 Å². The van der Waals surface area contributed by atoms with Crippen molar-refractivity contribution in [2.24, 2.45) is 0 Å². The predicted octanol–water partition coefficient (Wildman–Crippen LogP) is 3.10. The van der Waals surface area contributed by atoms with Gasteiger partial charge >= 0.3 is 0 Å². The molecule has 144 valence electrons. The normalized spacial score (nSPS) is 10.7. The van der Waals surface area contributed by atoms with Crippen LogP contribution < -0.4 is 10.9 Å². The summed E-state index contributed by atoms with van der Waals surface area (Å²) in [6, 6.07) is 9.91. The maximum atomic E-state index is 12.8. The van der Waals surface area contributed by atoms with Crippen molar-refractivity contribution < 1.29 is 9.59 Å². The third-order valence-electron chi connectivity index (χ3n) is 4.07. The number of hydrogen-bond donors (Lipinski definition) is 1. The van der Waals surface area contributed by atoms with Crippen LogP contribution in [0.5, 0.6) is 0 Å². The molecule has 0 aliphatic heterocycles. The second-order valence-corrected chi connectivity index (χ2v) is 6.68. The molecule has 3 aromatic rings. The predicted molar refractivity (Wildman–Crippen MR) is 108 cm³/mol. The Morgan fingerprint density at radius 3 is 2.54 bits per heavy atom. The highest BCUT2D eigenvalue weighted by Gasteiger charge is 2.22. The number of nitrogens with zero attached hydrogens (tertiary/aromatic N) is 3. The third-order valence-corrected chi connectivity index (χ3v) is 4.70. The maximum absolute atomic E-state index is 12.8. The Kier molecular flexibility index (Phi) is 5.96. The molecular weight excluding hydrogens is 403 g/mol. The van der Waals surface area contributed by atoms with Gasteiger partial charge in [0.2, 0.25) is 5.91 Å². The van der Waals surface area contributed by atoms with Gasteiger partial charge in [-0.25, -0.2) is 4.98 Å². The molecule has 0 saturated carbocycles. The van der Waals surface area contributed by atoms with Crippen molar-refractivity contribution in [3.8, 4) is 0 Å². The van der Waals surface area contributed by atoms with Gasteiger partial charge in [-0.3, -0.25) is 18.8 Å². The SMILES string of the molecule is CCN(CC(=O)Nc1c(Cl)cccc1Cl)C(=O)c1cnc2ccccn2c1=O. The zero-order valence-corrected chi connectivity index (χ0v) is 16.4. The van der Waals surface area contributed by atoms with Gasteiger partial charge in [0.15, 0.2) is 0 Å². The molecule has 0 aliphatic carbocycles.